The van der Waals surface area contributed by atoms with E-state index in [1.165, 1.54) is 13.1 Å². The molecule has 3 aromatic rings. The van der Waals surface area contributed by atoms with Gasteiger partial charge in [-0.3, -0.25) is 0 Å². The lowest BCUT2D eigenvalue weighted by atomic mass is 10.1. The highest BCUT2D eigenvalue weighted by atomic mass is 35.5. The summed E-state index contributed by atoms with van der Waals surface area (Å²) in [6.07, 6.45) is -3.12. The van der Waals surface area contributed by atoms with Crippen LogP contribution in [0, 0.1) is 6.92 Å². The van der Waals surface area contributed by atoms with E-state index in [1.807, 2.05) is 0 Å². The van der Waals surface area contributed by atoms with E-state index in [2.05, 4.69) is 10.1 Å². The van der Waals surface area contributed by atoms with Crippen molar-refractivity contribution in [3.8, 4) is 11.1 Å². The molecule has 0 aliphatic rings. The smallest absolute Gasteiger partial charge is 0.233 e. The third-order valence-electron chi connectivity index (χ3n) is 3.05. The molecule has 0 aliphatic heterocycles. The van der Waals surface area contributed by atoms with Crippen LogP contribution in [0.5, 0.6) is 0 Å². The summed E-state index contributed by atoms with van der Waals surface area (Å²) in [7, 11) is 0. The number of hydrogen-bond acceptors (Lipinski definition) is 2. The van der Waals surface area contributed by atoms with Crippen LogP contribution in [-0.2, 0) is 6.18 Å². The van der Waals surface area contributed by atoms with Crippen molar-refractivity contribution in [1.29, 1.82) is 0 Å². The van der Waals surface area contributed by atoms with Crippen molar-refractivity contribution in [1.82, 2.24) is 14.6 Å². The zero-order chi connectivity index (χ0) is 15.2. The Bertz CT molecular complexity index is 807. The van der Waals surface area contributed by atoms with Crippen LogP contribution in [0.1, 0.15) is 11.4 Å². The first kappa shape index (κ1) is 13.9. The molecule has 21 heavy (non-hydrogen) atoms. The number of nitrogens with zero attached hydrogens (tertiary/aromatic N) is 3. The van der Waals surface area contributed by atoms with E-state index >= 15 is 0 Å². The van der Waals surface area contributed by atoms with Gasteiger partial charge in [0.25, 0.3) is 0 Å². The van der Waals surface area contributed by atoms with Gasteiger partial charge in [0.1, 0.15) is 5.69 Å². The summed E-state index contributed by atoms with van der Waals surface area (Å²) in [5.41, 5.74) is 0.849. The Labute approximate surface area is 123 Å². The van der Waals surface area contributed by atoms with Crippen molar-refractivity contribution < 1.29 is 13.2 Å². The first-order chi connectivity index (χ1) is 9.86. The molecule has 7 heteroatoms. The van der Waals surface area contributed by atoms with E-state index in [0.29, 0.717) is 16.1 Å². The monoisotopic (exact) mass is 311 g/mol. The fourth-order valence-corrected chi connectivity index (χ4v) is 2.25. The van der Waals surface area contributed by atoms with E-state index in [0.717, 1.165) is 10.6 Å². The van der Waals surface area contributed by atoms with Gasteiger partial charge in [0, 0.05) is 16.3 Å². The Balaban J connectivity index is 2.27. The van der Waals surface area contributed by atoms with Crippen molar-refractivity contribution >= 4 is 17.2 Å². The SMILES string of the molecule is Cc1cc(C(F)(F)F)n2ncc(-c3ccc(Cl)cc3)c2n1. The molecule has 0 bridgehead atoms. The lowest BCUT2D eigenvalue weighted by Crippen LogP contribution is -2.13. The van der Waals surface area contributed by atoms with Gasteiger partial charge < -0.3 is 0 Å². The molecule has 3 rings (SSSR count). The van der Waals surface area contributed by atoms with Gasteiger partial charge in [-0.25, -0.2) is 9.50 Å². The van der Waals surface area contributed by atoms with Gasteiger partial charge in [-0.1, -0.05) is 23.7 Å². The molecule has 0 saturated heterocycles. The number of aryl methyl sites for hydroxylation is 1. The van der Waals surface area contributed by atoms with Crippen LogP contribution in [0.3, 0.4) is 0 Å². The summed E-state index contributed by atoms with van der Waals surface area (Å²) in [6.45, 7) is 1.52. The molecule has 0 amide bonds. The Morgan fingerprint density at radius 1 is 1.14 bits per heavy atom. The van der Waals surface area contributed by atoms with Gasteiger partial charge in [-0.2, -0.15) is 18.3 Å². The summed E-state index contributed by atoms with van der Waals surface area (Å²) in [4.78, 5) is 4.18. The van der Waals surface area contributed by atoms with Crippen LogP contribution in [-0.4, -0.2) is 14.6 Å². The highest BCUT2D eigenvalue weighted by molar-refractivity contribution is 6.30. The van der Waals surface area contributed by atoms with Gasteiger partial charge in [0.15, 0.2) is 5.65 Å². The highest BCUT2D eigenvalue weighted by Gasteiger charge is 2.35. The maximum atomic E-state index is 13.1. The number of aromatic nitrogens is 3. The van der Waals surface area contributed by atoms with E-state index in [9.17, 15) is 13.2 Å². The molecule has 108 valence electrons. The lowest BCUT2D eigenvalue weighted by Gasteiger charge is -2.09. The van der Waals surface area contributed by atoms with Crippen LogP contribution in [0.4, 0.5) is 13.2 Å². The predicted molar refractivity (Wildman–Crippen MR) is 73.2 cm³/mol. The van der Waals surface area contributed by atoms with Crippen molar-refractivity contribution in [2.24, 2.45) is 0 Å². The number of halogens is 4. The second-order valence-corrected chi connectivity index (χ2v) is 5.02. The van der Waals surface area contributed by atoms with Crippen molar-refractivity contribution in [2.75, 3.05) is 0 Å². The number of fused-ring (bicyclic) bond motifs is 1. The molecule has 3 nitrogen and oxygen atoms in total. The normalized spacial score (nSPS) is 12.0. The maximum Gasteiger partial charge on any atom is 0.433 e. The number of hydrogen-bond donors (Lipinski definition) is 0. The minimum Gasteiger partial charge on any atom is -0.233 e. The Morgan fingerprint density at radius 3 is 2.43 bits per heavy atom. The average molecular weight is 312 g/mol. The van der Waals surface area contributed by atoms with Crippen molar-refractivity contribution in [3.05, 3.63) is 52.9 Å². The van der Waals surface area contributed by atoms with E-state index in [-0.39, 0.29) is 11.3 Å². The molecule has 0 spiro atoms. The van der Waals surface area contributed by atoms with Gasteiger partial charge in [0.05, 0.1) is 6.20 Å². The summed E-state index contributed by atoms with van der Waals surface area (Å²) < 4.78 is 40.0. The second kappa shape index (κ2) is 4.73. The summed E-state index contributed by atoms with van der Waals surface area (Å²) in [6, 6.07) is 7.75. The molecule has 0 fully saturated rings. The van der Waals surface area contributed by atoms with Crippen LogP contribution in [0.2, 0.25) is 5.02 Å². The average Bonchev–Trinajstić information content (AvgIpc) is 2.81. The third kappa shape index (κ3) is 2.47. The summed E-state index contributed by atoms with van der Waals surface area (Å²) in [5.74, 6) is 0. The van der Waals surface area contributed by atoms with E-state index in [1.54, 1.807) is 24.3 Å². The van der Waals surface area contributed by atoms with Gasteiger partial charge in [0.2, 0.25) is 0 Å². The molecule has 0 unspecified atom stereocenters. The molecule has 0 radical (unpaired) electrons. The molecule has 0 saturated carbocycles. The highest BCUT2D eigenvalue weighted by Crippen LogP contribution is 2.32. The molecular formula is C14H9ClF3N3. The first-order valence-corrected chi connectivity index (χ1v) is 6.42. The fraction of sp³-hybridized carbons (Fsp3) is 0.143. The van der Waals surface area contributed by atoms with Gasteiger partial charge in [-0.05, 0) is 30.7 Å². The molecular weight excluding hydrogens is 303 g/mol. The molecule has 1 aromatic carbocycles. The van der Waals surface area contributed by atoms with Crippen LogP contribution in [0.15, 0.2) is 36.5 Å². The topological polar surface area (TPSA) is 30.2 Å². The van der Waals surface area contributed by atoms with Crippen LogP contribution < -0.4 is 0 Å². The lowest BCUT2D eigenvalue weighted by molar-refractivity contribution is -0.142. The molecule has 0 aliphatic carbocycles. The quantitative estimate of drug-likeness (QED) is 0.667. The van der Waals surface area contributed by atoms with E-state index in [4.69, 9.17) is 11.6 Å². The largest absolute Gasteiger partial charge is 0.433 e. The zero-order valence-electron chi connectivity index (χ0n) is 10.8. The van der Waals surface area contributed by atoms with Crippen LogP contribution >= 0.6 is 11.6 Å². The Hall–Kier alpha value is -2.08. The number of rotatable bonds is 1. The Morgan fingerprint density at radius 2 is 1.81 bits per heavy atom. The standard InChI is InChI=1S/C14H9ClF3N3/c1-8-6-12(14(16,17)18)21-13(20-8)11(7-19-21)9-2-4-10(15)5-3-9/h2-7H,1H3. The fourth-order valence-electron chi connectivity index (χ4n) is 2.12. The van der Waals surface area contributed by atoms with Gasteiger partial charge in [-0.15, -0.1) is 0 Å². The summed E-state index contributed by atoms with van der Waals surface area (Å²) >= 11 is 5.82. The van der Waals surface area contributed by atoms with Gasteiger partial charge >= 0.3 is 6.18 Å². The molecule has 0 atom stereocenters. The first-order valence-electron chi connectivity index (χ1n) is 6.05. The number of benzene rings is 1. The predicted octanol–water partition coefficient (Wildman–Crippen LogP) is 4.38. The second-order valence-electron chi connectivity index (χ2n) is 4.58. The summed E-state index contributed by atoms with van der Waals surface area (Å²) in [5, 5.41) is 4.38. The molecule has 2 aromatic heterocycles. The van der Waals surface area contributed by atoms with Crippen molar-refractivity contribution in [3.63, 3.8) is 0 Å². The van der Waals surface area contributed by atoms with Crippen LogP contribution in [0.25, 0.3) is 16.8 Å². The van der Waals surface area contributed by atoms with Crippen molar-refractivity contribution in [2.45, 2.75) is 13.1 Å². The Kier molecular flexibility index (Phi) is 3.13. The molecule has 0 N–H and O–H groups in total. The minimum atomic E-state index is -4.49. The number of alkyl halides is 3. The zero-order valence-corrected chi connectivity index (χ0v) is 11.6. The molecule has 2 heterocycles. The maximum absolute atomic E-state index is 13.1. The minimum absolute atomic E-state index is 0.171. The van der Waals surface area contributed by atoms with E-state index < -0.39 is 11.9 Å². The third-order valence-corrected chi connectivity index (χ3v) is 3.30.